The van der Waals surface area contributed by atoms with Crippen molar-refractivity contribution >= 4 is 12.1 Å². The zero-order valence-corrected chi connectivity index (χ0v) is 18.7. The van der Waals surface area contributed by atoms with Gasteiger partial charge in [-0.25, -0.2) is 14.7 Å². The second-order valence-corrected chi connectivity index (χ2v) is 7.94. The number of nitrogens with zero attached hydrogens (tertiary/aromatic N) is 2. The molecule has 1 heterocycles. The summed E-state index contributed by atoms with van der Waals surface area (Å²) >= 11 is 0. The number of benzene rings is 3. The Labute approximate surface area is 194 Å². The van der Waals surface area contributed by atoms with E-state index < -0.39 is 12.1 Å². The molecule has 6 nitrogen and oxygen atoms in total. The van der Waals surface area contributed by atoms with Crippen LogP contribution in [0, 0.1) is 0 Å². The average molecular weight is 444 g/mol. The minimum atomic E-state index is -0.465. The highest BCUT2D eigenvalue weighted by molar-refractivity contribution is 5.97. The fourth-order valence-corrected chi connectivity index (χ4v) is 4.19. The predicted octanol–water partition coefficient (Wildman–Crippen LogP) is 4.49. The van der Waals surface area contributed by atoms with E-state index in [1.165, 1.54) is 0 Å². The summed E-state index contributed by atoms with van der Waals surface area (Å²) in [5.41, 5.74) is 3.08. The van der Waals surface area contributed by atoms with E-state index in [0.717, 1.165) is 16.7 Å². The van der Waals surface area contributed by atoms with Gasteiger partial charge in [-0.1, -0.05) is 91.0 Å². The molecule has 3 aromatic rings. The first-order valence-corrected chi connectivity index (χ1v) is 11.3. The topological polar surface area (TPSA) is 74.2 Å². The summed E-state index contributed by atoms with van der Waals surface area (Å²) in [4.78, 5) is 19.6. The number of hydrogen-bond acceptors (Lipinski definition) is 4. The molecule has 3 atom stereocenters. The Bertz CT molecular complexity index is 1060. The summed E-state index contributed by atoms with van der Waals surface area (Å²) in [6.07, 6.45) is 0.0954. The lowest BCUT2D eigenvalue weighted by Crippen LogP contribution is -2.39. The Kier molecular flexibility index (Phi) is 7.37. The van der Waals surface area contributed by atoms with E-state index in [0.29, 0.717) is 12.4 Å². The van der Waals surface area contributed by atoms with Crippen LogP contribution < -0.4 is 5.32 Å². The molecule has 170 valence electrons. The van der Waals surface area contributed by atoms with Gasteiger partial charge >= 0.3 is 6.09 Å². The van der Waals surface area contributed by atoms with E-state index in [-0.39, 0.29) is 25.3 Å². The summed E-state index contributed by atoms with van der Waals surface area (Å²) in [7, 11) is 0. The van der Waals surface area contributed by atoms with E-state index in [4.69, 9.17) is 9.73 Å². The summed E-state index contributed by atoms with van der Waals surface area (Å²) in [5.74, 6) is 0.408. The van der Waals surface area contributed by atoms with E-state index >= 15 is 0 Å². The number of aliphatic hydroxyl groups excluding tert-OH is 1. The van der Waals surface area contributed by atoms with Gasteiger partial charge < -0.3 is 15.2 Å². The van der Waals surface area contributed by atoms with Crippen molar-refractivity contribution in [3.8, 4) is 0 Å². The van der Waals surface area contributed by atoms with E-state index in [1.54, 1.807) is 11.8 Å². The summed E-state index contributed by atoms with van der Waals surface area (Å²) in [5, 5.41) is 13.5. The van der Waals surface area contributed by atoms with Crippen LogP contribution in [0.5, 0.6) is 0 Å². The van der Waals surface area contributed by atoms with E-state index in [9.17, 15) is 9.90 Å². The van der Waals surface area contributed by atoms with Crippen LogP contribution in [0.1, 0.15) is 35.7 Å². The average Bonchev–Trinajstić information content (AvgIpc) is 3.24. The Hall–Kier alpha value is -3.64. The summed E-state index contributed by atoms with van der Waals surface area (Å²) in [6.45, 7) is 1.91. The number of hydrogen-bond donors (Lipinski definition) is 2. The number of nitrogens with one attached hydrogen (secondary N) is 1. The number of amides is 1. The Morgan fingerprint density at radius 1 is 0.970 bits per heavy atom. The van der Waals surface area contributed by atoms with E-state index in [2.05, 4.69) is 5.32 Å². The summed E-state index contributed by atoms with van der Waals surface area (Å²) in [6, 6.07) is 28.8. The van der Waals surface area contributed by atoms with Crippen LogP contribution in [0.25, 0.3) is 0 Å². The molecule has 0 aromatic heterocycles. The lowest BCUT2D eigenvalue weighted by atomic mass is 9.94. The molecule has 1 fully saturated rings. The fraction of sp³-hybridized carbons (Fsp3) is 0.259. The first-order valence-electron chi connectivity index (χ1n) is 11.3. The molecule has 0 bridgehead atoms. The number of aliphatic hydroxyl groups is 1. The molecular weight excluding hydrogens is 414 g/mol. The number of carbonyl (C=O) groups is 1. The van der Waals surface area contributed by atoms with Crippen LogP contribution in [-0.4, -0.2) is 41.3 Å². The van der Waals surface area contributed by atoms with Crippen LogP contribution in [-0.2, 0) is 11.2 Å². The number of ether oxygens (including phenoxy) is 1. The standard InChI is InChI=1S/C27H29N3O3/c1-2-33-27(32)30-25(22-16-10-5-11-17-22)24(21-14-8-4-9-15-21)29-26(30)28-23(19-31)18-20-12-6-3-7-13-20/h3-17,23-25,31H,2,18-19H2,1H3,(H,28,29)/t23-,24-,25-/m0/s1. The minimum Gasteiger partial charge on any atom is -0.449 e. The number of guanidine groups is 1. The maximum absolute atomic E-state index is 13.2. The maximum Gasteiger partial charge on any atom is 0.417 e. The number of carbonyl (C=O) groups excluding carboxylic acids is 1. The Morgan fingerprint density at radius 2 is 1.55 bits per heavy atom. The van der Waals surface area contributed by atoms with Crippen LogP contribution in [0.15, 0.2) is 96.0 Å². The van der Waals surface area contributed by atoms with Gasteiger partial charge in [0, 0.05) is 0 Å². The molecular formula is C27H29N3O3. The van der Waals surface area contributed by atoms with Gasteiger partial charge in [0.05, 0.1) is 31.3 Å². The van der Waals surface area contributed by atoms with Gasteiger partial charge in [0.15, 0.2) is 0 Å². The highest BCUT2D eigenvalue weighted by Crippen LogP contribution is 2.39. The first kappa shape index (κ1) is 22.6. The minimum absolute atomic E-state index is 0.136. The molecule has 0 unspecified atom stereocenters. The molecule has 0 saturated carbocycles. The van der Waals surface area contributed by atoms with Gasteiger partial charge in [0.2, 0.25) is 5.96 Å². The fourth-order valence-electron chi connectivity index (χ4n) is 4.19. The molecule has 6 heteroatoms. The van der Waals surface area contributed by atoms with Gasteiger partial charge in [0.25, 0.3) is 0 Å². The molecule has 2 N–H and O–H groups in total. The number of rotatable bonds is 7. The third-order valence-corrected chi connectivity index (χ3v) is 5.70. The largest absolute Gasteiger partial charge is 0.449 e. The highest BCUT2D eigenvalue weighted by atomic mass is 16.6. The van der Waals surface area contributed by atoms with Gasteiger partial charge in [-0.05, 0) is 30.0 Å². The van der Waals surface area contributed by atoms with Crippen molar-refractivity contribution in [1.82, 2.24) is 10.2 Å². The zero-order valence-electron chi connectivity index (χ0n) is 18.7. The van der Waals surface area contributed by atoms with Crippen LogP contribution >= 0.6 is 0 Å². The van der Waals surface area contributed by atoms with Crippen LogP contribution in [0.3, 0.4) is 0 Å². The van der Waals surface area contributed by atoms with Gasteiger partial charge in [-0.15, -0.1) is 0 Å². The van der Waals surface area contributed by atoms with Crippen LogP contribution in [0.4, 0.5) is 4.79 Å². The molecule has 1 aliphatic rings. The van der Waals surface area contributed by atoms with Gasteiger partial charge in [-0.2, -0.15) is 0 Å². The molecule has 4 rings (SSSR count). The molecule has 0 spiro atoms. The normalized spacial score (nSPS) is 19.8. The first-order chi connectivity index (χ1) is 16.2. The highest BCUT2D eigenvalue weighted by Gasteiger charge is 2.44. The monoisotopic (exact) mass is 443 g/mol. The van der Waals surface area contributed by atoms with Crippen molar-refractivity contribution in [2.45, 2.75) is 31.5 Å². The maximum atomic E-state index is 13.2. The van der Waals surface area contributed by atoms with Gasteiger partial charge in [0.1, 0.15) is 0 Å². The predicted molar refractivity (Wildman–Crippen MR) is 129 cm³/mol. The van der Waals surface area contributed by atoms with Crippen molar-refractivity contribution < 1.29 is 14.6 Å². The van der Waals surface area contributed by atoms with Crippen molar-refractivity contribution in [2.24, 2.45) is 4.99 Å². The lowest BCUT2D eigenvalue weighted by molar-refractivity contribution is 0.118. The molecule has 0 radical (unpaired) electrons. The molecule has 1 amide bonds. The van der Waals surface area contributed by atoms with Gasteiger partial charge in [-0.3, -0.25) is 0 Å². The van der Waals surface area contributed by atoms with Crippen molar-refractivity contribution in [1.29, 1.82) is 0 Å². The molecule has 1 saturated heterocycles. The van der Waals surface area contributed by atoms with Crippen molar-refractivity contribution in [3.63, 3.8) is 0 Å². The molecule has 1 aliphatic heterocycles. The smallest absolute Gasteiger partial charge is 0.417 e. The van der Waals surface area contributed by atoms with Crippen molar-refractivity contribution in [2.75, 3.05) is 13.2 Å². The molecule has 33 heavy (non-hydrogen) atoms. The molecule has 0 aliphatic carbocycles. The third kappa shape index (κ3) is 5.23. The lowest BCUT2D eigenvalue weighted by Gasteiger charge is -2.26. The second-order valence-electron chi connectivity index (χ2n) is 7.94. The Balaban J connectivity index is 1.76. The molecule has 3 aromatic carbocycles. The quantitative estimate of drug-likeness (QED) is 0.564. The SMILES string of the molecule is CCOC(=O)N1C(=N[C@H](CO)Cc2ccccc2)N[C@@H](c2ccccc2)[C@@H]1c1ccccc1. The second kappa shape index (κ2) is 10.8. The third-order valence-electron chi connectivity index (χ3n) is 5.70. The van der Waals surface area contributed by atoms with Crippen molar-refractivity contribution in [3.05, 3.63) is 108 Å². The summed E-state index contributed by atoms with van der Waals surface area (Å²) < 4.78 is 5.43. The number of aliphatic imine (C=N–C) groups is 1. The zero-order chi connectivity index (χ0) is 23.0. The Morgan fingerprint density at radius 3 is 2.12 bits per heavy atom. The van der Waals surface area contributed by atoms with E-state index in [1.807, 2.05) is 91.0 Å². The van der Waals surface area contributed by atoms with Crippen LogP contribution in [0.2, 0.25) is 0 Å².